The fourth-order valence-electron chi connectivity index (χ4n) is 8.61. The second kappa shape index (κ2) is 23.4. The Balaban J connectivity index is 1.10. The first-order valence-corrected chi connectivity index (χ1v) is 22.7. The Morgan fingerprint density at radius 2 is 1.01 bits per heavy atom. The first kappa shape index (κ1) is 46.5. The predicted molar refractivity (Wildman–Crippen MR) is 243 cm³/mol. The molecule has 3 saturated heterocycles. The number of nitrogens with zero attached hydrogens (tertiary/aromatic N) is 1. The van der Waals surface area contributed by atoms with Crippen LogP contribution in [0, 0.1) is 11.3 Å². The fraction of sp³-hybridized carbons (Fsp3) is 0.327. The van der Waals surface area contributed by atoms with Crippen molar-refractivity contribution < 1.29 is 52.5 Å². The molecule has 6 aromatic carbocycles. The summed E-state index contributed by atoms with van der Waals surface area (Å²) in [6.07, 6.45) is -11.0. The van der Waals surface area contributed by atoms with E-state index in [1.165, 1.54) is 0 Å². The van der Waals surface area contributed by atoms with Gasteiger partial charge in [0.1, 0.15) is 42.7 Å². The topological polar surface area (TPSA) is 139 Å². The quantitative estimate of drug-likeness (QED) is 0.0787. The van der Waals surface area contributed by atoms with Crippen LogP contribution >= 0.6 is 0 Å². The third-order valence-electron chi connectivity index (χ3n) is 12.1. The summed E-state index contributed by atoms with van der Waals surface area (Å²) in [5.74, 6) is 0. The lowest BCUT2D eigenvalue weighted by atomic mass is 9.95. The largest absolute Gasteiger partial charge is 0.829 e. The van der Waals surface area contributed by atoms with Gasteiger partial charge in [-0.2, -0.15) is 5.26 Å². The van der Waals surface area contributed by atoms with Crippen molar-refractivity contribution in [2.45, 2.75) is 101 Å². The van der Waals surface area contributed by atoms with Crippen molar-refractivity contribution in [2.75, 3.05) is 13.2 Å². The van der Waals surface area contributed by atoms with E-state index < -0.39 is 67.7 Å². The lowest BCUT2D eigenvalue weighted by molar-refractivity contribution is -0.545. The van der Waals surface area contributed by atoms with Gasteiger partial charge in [-0.15, -0.1) is 0 Å². The van der Waals surface area contributed by atoms with Crippen LogP contribution in [0.15, 0.2) is 176 Å². The Morgan fingerprint density at radius 3 is 1.61 bits per heavy atom. The summed E-state index contributed by atoms with van der Waals surface area (Å²) in [4.78, 5) is 0. The summed E-state index contributed by atoms with van der Waals surface area (Å²) in [5.41, 5.74) is 5.64. The Labute approximate surface area is 391 Å². The van der Waals surface area contributed by atoms with E-state index in [2.05, 4.69) is 6.07 Å². The molecule has 0 N–H and O–H groups in total. The molecule has 0 aromatic heterocycles. The van der Waals surface area contributed by atoms with Crippen LogP contribution in [0.5, 0.6) is 0 Å². The van der Waals surface area contributed by atoms with Crippen molar-refractivity contribution in [2.24, 2.45) is 0 Å². The number of rotatable bonds is 19. The van der Waals surface area contributed by atoms with Gasteiger partial charge in [-0.25, -0.2) is 0 Å². The van der Waals surface area contributed by atoms with Crippen LogP contribution in [0.2, 0.25) is 0 Å². The smallest absolute Gasteiger partial charge is 0.187 e. The summed E-state index contributed by atoms with van der Waals surface area (Å²) in [5, 5.41) is 24.4. The number of nitriles is 1. The van der Waals surface area contributed by atoms with Crippen molar-refractivity contribution in [1.82, 2.24) is 0 Å². The molecule has 67 heavy (non-hydrogen) atoms. The van der Waals surface area contributed by atoms with Crippen LogP contribution in [0.4, 0.5) is 0 Å². The van der Waals surface area contributed by atoms with E-state index in [1.807, 2.05) is 170 Å². The van der Waals surface area contributed by atoms with Crippen molar-refractivity contribution in [1.29, 1.82) is 5.26 Å². The zero-order valence-corrected chi connectivity index (χ0v) is 37.0. The molecule has 346 valence electrons. The normalized spacial score (nSPS) is 27.1. The Bertz CT molecular complexity index is 2430. The molecule has 3 aliphatic heterocycles. The van der Waals surface area contributed by atoms with Crippen LogP contribution < -0.4 is 5.11 Å². The molecule has 0 amide bonds. The summed E-state index contributed by atoms with van der Waals surface area (Å²) >= 11 is 0. The molecular weight excluding hydrogens is 851 g/mol. The summed E-state index contributed by atoms with van der Waals surface area (Å²) in [6, 6.07) is 58.3. The average Bonchev–Trinajstić information content (AvgIpc) is 3.38. The fourth-order valence-corrected chi connectivity index (χ4v) is 8.61. The average molecular weight is 905 g/mol. The third kappa shape index (κ3) is 12.1. The van der Waals surface area contributed by atoms with Gasteiger partial charge in [-0.05, 0) is 33.9 Å². The molecule has 1 unspecified atom stereocenters. The van der Waals surface area contributed by atoms with Crippen molar-refractivity contribution in [3.63, 3.8) is 0 Å². The number of ether oxygens (including phenoxy) is 10. The van der Waals surface area contributed by atoms with Crippen LogP contribution in [-0.4, -0.2) is 74.6 Å². The lowest BCUT2D eigenvalue weighted by Gasteiger charge is -2.53. The van der Waals surface area contributed by atoms with Crippen LogP contribution in [0.3, 0.4) is 0 Å². The van der Waals surface area contributed by atoms with Crippen LogP contribution in [0.1, 0.15) is 45.2 Å². The highest BCUT2D eigenvalue weighted by atomic mass is 16.8. The van der Waals surface area contributed by atoms with E-state index >= 15 is 0 Å². The second-order valence-electron chi connectivity index (χ2n) is 16.7. The van der Waals surface area contributed by atoms with Gasteiger partial charge in [0.2, 0.25) is 0 Å². The second-order valence-corrected chi connectivity index (χ2v) is 16.7. The highest BCUT2D eigenvalue weighted by Crippen LogP contribution is 2.39. The van der Waals surface area contributed by atoms with E-state index in [-0.39, 0.29) is 39.6 Å². The third-order valence-corrected chi connectivity index (χ3v) is 12.1. The zero-order chi connectivity index (χ0) is 45.6. The van der Waals surface area contributed by atoms with Gasteiger partial charge in [0.25, 0.3) is 0 Å². The van der Waals surface area contributed by atoms with Gasteiger partial charge in [0, 0.05) is 11.9 Å². The number of hydrogen-bond acceptors (Lipinski definition) is 12. The molecule has 0 bridgehead atoms. The molecule has 0 spiro atoms. The molecule has 9 rings (SSSR count). The predicted octanol–water partition coefficient (Wildman–Crippen LogP) is 7.73. The van der Waals surface area contributed by atoms with Gasteiger partial charge in [-0.3, -0.25) is 0 Å². The summed E-state index contributed by atoms with van der Waals surface area (Å²) in [6.45, 7) is 0.999. The molecule has 3 aliphatic rings. The molecule has 3 fully saturated rings. The van der Waals surface area contributed by atoms with Crippen molar-refractivity contribution in [3.05, 3.63) is 215 Å². The lowest BCUT2D eigenvalue weighted by Crippen LogP contribution is -2.69. The zero-order valence-electron chi connectivity index (χ0n) is 37.0. The van der Waals surface area contributed by atoms with Gasteiger partial charge >= 0.3 is 0 Å². The maximum Gasteiger partial charge on any atom is 0.187 e. The van der Waals surface area contributed by atoms with E-state index in [9.17, 15) is 10.4 Å². The molecule has 0 saturated carbocycles. The maximum atomic E-state index is 14.3. The first-order chi connectivity index (χ1) is 33.1. The molecule has 11 atom stereocenters. The molecule has 6 aromatic rings. The van der Waals surface area contributed by atoms with Gasteiger partial charge in [0.15, 0.2) is 12.6 Å². The minimum atomic E-state index is -1.68. The minimum Gasteiger partial charge on any atom is -0.829 e. The standard InChI is InChI=1S/C55H54NO11/c56-30-43-28-16-17-29-44(43)35-62-52-49(60-33-40-22-10-3-11-23-40)47(59-32-39-20-8-2-9-21-39)45(36-58-31-38-18-6-1-7-19-38)65-55(52)67-50-48-46(37-63-54(66-48)42-26-14-5-15-27-42)64-53(57)51(50)61-34-41-24-12-4-13-25-41/h1-29,45-55H,31-37H2/q-1/t45-,46-,47-,48-,49+,50+,51-,52-,53+,54?,55-/m1/s1. The van der Waals surface area contributed by atoms with Crippen molar-refractivity contribution in [3.8, 4) is 6.07 Å². The molecule has 0 radical (unpaired) electrons. The molecule has 12 heteroatoms. The van der Waals surface area contributed by atoms with E-state index in [1.54, 1.807) is 6.07 Å². The molecule has 0 aliphatic carbocycles. The monoisotopic (exact) mass is 904 g/mol. The Hall–Kier alpha value is -5.63. The maximum absolute atomic E-state index is 14.3. The number of hydrogen-bond donors (Lipinski definition) is 0. The van der Waals surface area contributed by atoms with Crippen LogP contribution in [-0.2, 0) is 80.4 Å². The van der Waals surface area contributed by atoms with E-state index in [0.717, 1.165) is 27.8 Å². The van der Waals surface area contributed by atoms with Gasteiger partial charge in [-0.1, -0.05) is 170 Å². The molecular formula is C55H54NO11-. The molecule has 3 heterocycles. The number of fused-ring (bicyclic) bond motifs is 1. The summed E-state index contributed by atoms with van der Waals surface area (Å²) < 4.78 is 67.0. The molecule has 12 nitrogen and oxygen atoms in total. The van der Waals surface area contributed by atoms with Crippen LogP contribution in [0.25, 0.3) is 0 Å². The summed E-state index contributed by atoms with van der Waals surface area (Å²) in [7, 11) is 0. The van der Waals surface area contributed by atoms with Crippen molar-refractivity contribution >= 4 is 0 Å². The highest BCUT2D eigenvalue weighted by molar-refractivity contribution is 5.37. The highest BCUT2D eigenvalue weighted by Gasteiger charge is 2.54. The minimum absolute atomic E-state index is 0.00175. The number of benzene rings is 6. The Morgan fingerprint density at radius 1 is 0.507 bits per heavy atom. The van der Waals surface area contributed by atoms with E-state index in [4.69, 9.17) is 47.4 Å². The Kier molecular flexibility index (Phi) is 16.2. The SMILES string of the molecule is N#Cc1ccccc1CO[C@H]1[C@@H](O[C@@H]2[C@@H](OCc3ccccc3)[C@@H]([O-])O[C@@H]3COC(c4ccccc4)O[C@@H]23)O[C@H](COCc2ccccc2)[C@@H](OCc2ccccc2)[C@@H]1OCc1ccccc1. The van der Waals surface area contributed by atoms with E-state index in [0.29, 0.717) is 17.7 Å². The van der Waals surface area contributed by atoms with Gasteiger partial charge in [0.05, 0.1) is 64.0 Å². The van der Waals surface area contributed by atoms with Gasteiger partial charge < -0.3 is 52.5 Å². The first-order valence-electron chi connectivity index (χ1n) is 22.7.